The molecule has 1 N–H and O–H groups in total. The van der Waals surface area contributed by atoms with Crippen LogP contribution in [0.1, 0.15) is 0 Å². The Morgan fingerprint density at radius 3 is 2.38 bits per heavy atom. The third-order valence-electron chi connectivity index (χ3n) is 3.45. The van der Waals surface area contributed by atoms with Crippen LogP contribution in [0.15, 0.2) is 36.4 Å². The molecule has 128 valence electrons. The van der Waals surface area contributed by atoms with Crippen LogP contribution in [-0.2, 0) is 0 Å². The normalized spacial score (nSPS) is 15.0. The summed E-state index contributed by atoms with van der Waals surface area (Å²) < 4.78 is 60.7. The van der Waals surface area contributed by atoms with Gasteiger partial charge in [0.2, 0.25) is 0 Å². The fraction of sp³-hybridized carbons (Fsp3) is 0.250. The van der Waals surface area contributed by atoms with E-state index in [1.807, 2.05) is 0 Å². The topological polar surface area (TPSA) is 30.5 Å². The predicted octanol–water partition coefficient (Wildman–Crippen LogP) is 4.40. The van der Waals surface area contributed by atoms with Crippen molar-refractivity contribution in [1.82, 2.24) is 5.32 Å². The molecular weight excluding hydrogens is 350 g/mol. The molecule has 2 aromatic rings. The lowest BCUT2D eigenvalue weighted by atomic mass is 10.0. The van der Waals surface area contributed by atoms with Crippen molar-refractivity contribution >= 4 is 11.6 Å². The monoisotopic (exact) mass is 361 g/mol. The van der Waals surface area contributed by atoms with Crippen molar-refractivity contribution in [2.45, 2.75) is 12.5 Å². The van der Waals surface area contributed by atoms with Gasteiger partial charge in [0.15, 0.2) is 11.5 Å². The molecule has 0 aliphatic carbocycles. The minimum absolute atomic E-state index is 0.0131. The van der Waals surface area contributed by atoms with Gasteiger partial charge < -0.3 is 14.8 Å². The highest BCUT2D eigenvalue weighted by Crippen LogP contribution is 2.38. The molecule has 0 saturated carbocycles. The standard InChI is InChI=1S/C16H12ClF4NO2/c17-13-6-10(18)2-3-12(13)9-1-4-14(23-11-7-22-8-11)15(5-9)24-16(19,20)21/h1-6,11,22H,7-8H2. The first kappa shape index (κ1) is 16.9. The smallest absolute Gasteiger partial charge is 0.484 e. The third kappa shape index (κ3) is 3.91. The first-order valence-electron chi connectivity index (χ1n) is 7.04. The Hall–Kier alpha value is -1.99. The summed E-state index contributed by atoms with van der Waals surface area (Å²) in [4.78, 5) is 0. The quantitative estimate of drug-likeness (QED) is 0.819. The van der Waals surface area contributed by atoms with Gasteiger partial charge in [-0.3, -0.25) is 0 Å². The molecule has 2 aromatic carbocycles. The van der Waals surface area contributed by atoms with Gasteiger partial charge in [-0.25, -0.2) is 4.39 Å². The number of alkyl halides is 3. The van der Waals surface area contributed by atoms with Crippen molar-refractivity contribution < 1.29 is 27.0 Å². The first-order chi connectivity index (χ1) is 11.3. The van der Waals surface area contributed by atoms with Crippen LogP contribution in [-0.4, -0.2) is 25.6 Å². The van der Waals surface area contributed by atoms with Crippen LogP contribution < -0.4 is 14.8 Å². The van der Waals surface area contributed by atoms with Crippen molar-refractivity contribution in [3.8, 4) is 22.6 Å². The van der Waals surface area contributed by atoms with E-state index in [9.17, 15) is 17.6 Å². The maximum absolute atomic E-state index is 13.1. The minimum Gasteiger partial charge on any atom is -0.484 e. The highest BCUT2D eigenvalue weighted by molar-refractivity contribution is 6.33. The van der Waals surface area contributed by atoms with Crippen LogP contribution in [0.4, 0.5) is 17.6 Å². The van der Waals surface area contributed by atoms with Crippen LogP contribution in [0.25, 0.3) is 11.1 Å². The summed E-state index contributed by atoms with van der Waals surface area (Å²) in [5.74, 6) is -1.01. The van der Waals surface area contributed by atoms with Gasteiger partial charge >= 0.3 is 6.36 Å². The molecule has 1 aliphatic heterocycles. The summed E-state index contributed by atoms with van der Waals surface area (Å²) in [6, 6.07) is 7.76. The maximum atomic E-state index is 13.1. The fourth-order valence-corrected chi connectivity index (χ4v) is 2.50. The lowest BCUT2D eigenvalue weighted by Crippen LogP contribution is -2.50. The van der Waals surface area contributed by atoms with Crippen molar-refractivity contribution in [3.05, 3.63) is 47.2 Å². The highest BCUT2D eigenvalue weighted by Gasteiger charge is 2.33. The summed E-state index contributed by atoms with van der Waals surface area (Å²) in [6.07, 6.45) is -5.07. The van der Waals surface area contributed by atoms with Crippen molar-refractivity contribution in [3.63, 3.8) is 0 Å². The van der Waals surface area contributed by atoms with Crippen LogP contribution in [0.3, 0.4) is 0 Å². The van der Waals surface area contributed by atoms with Crippen LogP contribution in [0.2, 0.25) is 5.02 Å². The minimum atomic E-state index is -4.86. The molecule has 1 aliphatic rings. The van der Waals surface area contributed by atoms with E-state index in [1.165, 1.54) is 24.3 Å². The molecule has 0 amide bonds. The van der Waals surface area contributed by atoms with E-state index in [4.69, 9.17) is 16.3 Å². The second-order valence-electron chi connectivity index (χ2n) is 5.23. The van der Waals surface area contributed by atoms with E-state index >= 15 is 0 Å². The zero-order chi connectivity index (χ0) is 17.3. The van der Waals surface area contributed by atoms with Gasteiger partial charge in [0.1, 0.15) is 11.9 Å². The van der Waals surface area contributed by atoms with E-state index in [-0.39, 0.29) is 16.9 Å². The molecule has 0 aromatic heterocycles. The summed E-state index contributed by atoms with van der Waals surface area (Å²) in [5.41, 5.74) is 0.750. The average Bonchev–Trinajstić information content (AvgIpc) is 2.42. The molecule has 0 atom stereocenters. The maximum Gasteiger partial charge on any atom is 0.573 e. The molecular formula is C16H12ClF4NO2. The highest BCUT2D eigenvalue weighted by atomic mass is 35.5. The van der Waals surface area contributed by atoms with E-state index in [2.05, 4.69) is 10.1 Å². The summed E-state index contributed by atoms with van der Waals surface area (Å²) in [5, 5.41) is 3.05. The molecule has 0 spiro atoms. The average molecular weight is 362 g/mol. The number of benzene rings is 2. The Morgan fingerprint density at radius 1 is 1.04 bits per heavy atom. The van der Waals surface area contributed by atoms with Crippen molar-refractivity contribution in [2.24, 2.45) is 0 Å². The van der Waals surface area contributed by atoms with E-state index in [1.54, 1.807) is 6.07 Å². The predicted molar refractivity (Wildman–Crippen MR) is 80.8 cm³/mol. The molecule has 0 unspecified atom stereocenters. The molecule has 0 bridgehead atoms. The fourth-order valence-electron chi connectivity index (χ4n) is 2.23. The van der Waals surface area contributed by atoms with Gasteiger partial charge in [0, 0.05) is 18.7 Å². The lowest BCUT2D eigenvalue weighted by Gasteiger charge is -2.28. The number of nitrogens with one attached hydrogen (secondary N) is 1. The van der Waals surface area contributed by atoms with Crippen LogP contribution in [0, 0.1) is 5.82 Å². The number of hydrogen-bond donors (Lipinski definition) is 1. The Bertz CT molecular complexity index is 747. The summed E-state index contributed by atoms with van der Waals surface area (Å²) in [7, 11) is 0. The largest absolute Gasteiger partial charge is 0.573 e. The number of halogens is 5. The van der Waals surface area contributed by atoms with Crippen LogP contribution in [0.5, 0.6) is 11.5 Å². The van der Waals surface area contributed by atoms with E-state index < -0.39 is 17.9 Å². The number of hydrogen-bond acceptors (Lipinski definition) is 3. The zero-order valence-corrected chi connectivity index (χ0v) is 12.9. The molecule has 0 radical (unpaired) electrons. The molecule has 1 fully saturated rings. The second kappa shape index (κ2) is 6.49. The van der Waals surface area contributed by atoms with Crippen molar-refractivity contribution in [1.29, 1.82) is 0 Å². The first-order valence-corrected chi connectivity index (χ1v) is 7.42. The number of ether oxygens (including phenoxy) is 2. The molecule has 3 rings (SSSR count). The Morgan fingerprint density at radius 2 is 1.79 bits per heavy atom. The van der Waals surface area contributed by atoms with Gasteiger partial charge in [-0.15, -0.1) is 13.2 Å². The van der Waals surface area contributed by atoms with Crippen molar-refractivity contribution in [2.75, 3.05) is 13.1 Å². The molecule has 1 heterocycles. The molecule has 3 nitrogen and oxygen atoms in total. The van der Waals surface area contributed by atoms with E-state index in [0.717, 1.165) is 6.07 Å². The molecule has 24 heavy (non-hydrogen) atoms. The van der Waals surface area contributed by atoms with Gasteiger partial charge in [-0.2, -0.15) is 0 Å². The molecule has 8 heteroatoms. The number of rotatable bonds is 4. The van der Waals surface area contributed by atoms with Gasteiger partial charge in [-0.1, -0.05) is 17.7 Å². The Kier molecular flexibility index (Phi) is 4.56. The van der Waals surface area contributed by atoms with Crippen LogP contribution >= 0.6 is 11.6 Å². The second-order valence-corrected chi connectivity index (χ2v) is 5.64. The molecule has 1 saturated heterocycles. The zero-order valence-electron chi connectivity index (χ0n) is 12.2. The van der Waals surface area contributed by atoms with Gasteiger partial charge in [0.25, 0.3) is 0 Å². The lowest BCUT2D eigenvalue weighted by molar-refractivity contribution is -0.275. The Balaban J connectivity index is 1.97. The SMILES string of the molecule is Fc1ccc(-c2ccc(OC3CNC3)c(OC(F)(F)F)c2)c(Cl)c1. The summed E-state index contributed by atoms with van der Waals surface area (Å²) >= 11 is 5.96. The van der Waals surface area contributed by atoms with E-state index in [0.29, 0.717) is 24.2 Å². The van der Waals surface area contributed by atoms with Gasteiger partial charge in [-0.05, 0) is 35.9 Å². The third-order valence-corrected chi connectivity index (χ3v) is 3.76. The van der Waals surface area contributed by atoms with Gasteiger partial charge in [0.05, 0.1) is 5.02 Å². The Labute approximate surface area is 140 Å². The summed E-state index contributed by atoms with van der Waals surface area (Å²) in [6.45, 7) is 1.11.